The Morgan fingerprint density at radius 3 is 2.54 bits per heavy atom. The number of hydrogen-bond donors (Lipinski definition) is 2. The summed E-state index contributed by atoms with van der Waals surface area (Å²) in [6.07, 6.45) is 0.756. The number of rotatable bonds is 7. The van der Waals surface area contributed by atoms with Gasteiger partial charge in [0, 0.05) is 28.3 Å². The predicted octanol–water partition coefficient (Wildman–Crippen LogP) is 3.90. The van der Waals surface area contributed by atoms with Gasteiger partial charge in [0.2, 0.25) is 5.91 Å². The van der Waals surface area contributed by atoms with Crippen LogP contribution in [0.25, 0.3) is 10.4 Å². The van der Waals surface area contributed by atoms with Gasteiger partial charge in [0.1, 0.15) is 10.6 Å². The van der Waals surface area contributed by atoms with Crippen LogP contribution in [-0.4, -0.2) is 29.9 Å². The highest BCUT2D eigenvalue weighted by Gasteiger charge is 2.24. The van der Waals surface area contributed by atoms with Crippen LogP contribution in [-0.2, 0) is 14.3 Å². The van der Waals surface area contributed by atoms with Crippen LogP contribution in [0.3, 0.4) is 0 Å². The van der Waals surface area contributed by atoms with Crippen LogP contribution in [0.15, 0.2) is 22.9 Å². The van der Waals surface area contributed by atoms with Gasteiger partial charge in [-0.3, -0.25) is 9.59 Å². The molecule has 0 saturated heterocycles. The maximum atomic E-state index is 12.6. The third-order valence-corrected chi connectivity index (χ3v) is 5.57. The third-order valence-electron chi connectivity index (χ3n) is 3.77. The zero-order chi connectivity index (χ0) is 19.3. The average molecular weight is 395 g/mol. The number of anilines is 1. The van der Waals surface area contributed by atoms with E-state index in [4.69, 9.17) is 4.74 Å². The maximum absolute atomic E-state index is 12.6. The summed E-state index contributed by atoms with van der Waals surface area (Å²) < 4.78 is 5.21. The number of esters is 1. The number of nitrogens with one attached hydrogen (secondary N) is 2. The Morgan fingerprint density at radius 2 is 1.96 bits per heavy atom. The van der Waals surface area contributed by atoms with Crippen molar-refractivity contribution >= 4 is 45.5 Å². The van der Waals surface area contributed by atoms with Crippen molar-refractivity contribution in [2.45, 2.75) is 39.7 Å². The molecule has 0 spiro atoms. The molecular formula is C18H22N2O4S2. The van der Waals surface area contributed by atoms with E-state index in [0.29, 0.717) is 10.6 Å². The predicted molar refractivity (Wildman–Crippen MR) is 105 cm³/mol. The zero-order valence-electron chi connectivity index (χ0n) is 15.2. The van der Waals surface area contributed by atoms with Gasteiger partial charge in [-0.2, -0.15) is 0 Å². The van der Waals surface area contributed by atoms with Crippen molar-refractivity contribution in [1.82, 2.24) is 5.32 Å². The van der Waals surface area contributed by atoms with Crippen LogP contribution in [0.4, 0.5) is 5.00 Å². The van der Waals surface area contributed by atoms with E-state index in [0.717, 1.165) is 11.3 Å². The van der Waals surface area contributed by atoms with Crippen LogP contribution >= 0.6 is 22.7 Å². The molecule has 0 aliphatic rings. The summed E-state index contributed by atoms with van der Waals surface area (Å²) in [6.45, 7) is 6.76. The molecule has 0 aliphatic heterocycles. The third kappa shape index (κ3) is 5.15. The molecule has 2 rings (SSSR count). The second kappa shape index (κ2) is 8.46. The Morgan fingerprint density at radius 1 is 1.23 bits per heavy atom. The largest absolute Gasteiger partial charge is 0.452 e. The minimum absolute atomic E-state index is 0.273. The molecule has 2 N–H and O–H groups in total. The lowest BCUT2D eigenvalue weighted by atomic mass is 10.0. The van der Waals surface area contributed by atoms with E-state index >= 15 is 0 Å². The number of thiophene rings is 2. The smallest absolute Gasteiger partial charge is 0.342 e. The van der Waals surface area contributed by atoms with Crippen LogP contribution in [0.5, 0.6) is 0 Å². The molecule has 8 heteroatoms. The molecule has 0 bridgehead atoms. The summed E-state index contributed by atoms with van der Waals surface area (Å²) in [4.78, 5) is 36.9. The van der Waals surface area contributed by atoms with Gasteiger partial charge >= 0.3 is 5.97 Å². The molecule has 0 saturated carbocycles. The van der Waals surface area contributed by atoms with Gasteiger partial charge in [0.15, 0.2) is 6.61 Å². The Bertz CT molecular complexity index is 794. The van der Waals surface area contributed by atoms with Crippen molar-refractivity contribution < 1.29 is 19.1 Å². The Labute approximate surface area is 160 Å². The van der Waals surface area contributed by atoms with E-state index in [1.165, 1.54) is 29.6 Å². The molecule has 2 amide bonds. The molecule has 140 valence electrons. The number of hydrogen-bond acceptors (Lipinski definition) is 6. The zero-order valence-corrected chi connectivity index (χ0v) is 16.8. The molecule has 2 aromatic rings. The van der Waals surface area contributed by atoms with E-state index < -0.39 is 5.97 Å². The fourth-order valence-electron chi connectivity index (χ4n) is 2.13. The summed E-state index contributed by atoms with van der Waals surface area (Å²) >= 11 is 2.73. The van der Waals surface area contributed by atoms with Gasteiger partial charge in [0.05, 0.1) is 0 Å². The highest BCUT2D eigenvalue weighted by atomic mass is 32.1. The summed E-state index contributed by atoms with van der Waals surface area (Å²) in [6, 6.07) is 3.77. The SMILES string of the molecule is CCC(C)(C)NC(=O)COC(=O)c1c(-c2cccs2)csc1NC(C)=O. The average Bonchev–Trinajstić information content (AvgIpc) is 3.21. The maximum Gasteiger partial charge on any atom is 0.342 e. The van der Waals surface area contributed by atoms with E-state index in [2.05, 4.69) is 10.6 Å². The second-order valence-electron chi connectivity index (χ2n) is 6.37. The summed E-state index contributed by atoms with van der Waals surface area (Å²) in [5, 5.41) is 9.59. The molecule has 0 unspecified atom stereocenters. The fraction of sp³-hybridized carbons (Fsp3) is 0.389. The Hall–Kier alpha value is -2.19. The van der Waals surface area contributed by atoms with Crippen molar-refractivity contribution in [2.75, 3.05) is 11.9 Å². The number of carbonyl (C=O) groups is 3. The molecule has 0 aromatic carbocycles. The standard InChI is InChI=1S/C18H22N2O4S2/c1-5-18(3,4)20-14(22)9-24-17(23)15-12(13-7-6-8-25-13)10-26-16(15)19-11(2)21/h6-8,10H,5,9H2,1-4H3,(H,19,21)(H,20,22). The normalized spacial score (nSPS) is 11.1. The van der Waals surface area contributed by atoms with Gasteiger partial charge in [-0.25, -0.2) is 4.79 Å². The van der Waals surface area contributed by atoms with Gasteiger partial charge in [0.25, 0.3) is 5.91 Å². The van der Waals surface area contributed by atoms with Crippen LogP contribution in [0, 0.1) is 0 Å². The lowest BCUT2D eigenvalue weighted by Gasteiger charge is -2.24. The molecule has 0 radical (unpaired) electrons. The molecule has 0 aliphatic carbocycles. The summed E-state index contributed by atoms with van der Waals surface area (Å²) in [5.74, 6) is -1.27. The minimum Gasteiger partial charge on any atom is -0.452 e. The van der Waals surface area contributed by atoms with E-state index in [9.17, 15) is 14.4 Å². The quantitative estimate of drug-likeness (QED) is 0.698. The summed E-state index contributed by atoms with van der Waals surface area (Å²) in [7, 11) is 0. The van der Waals surface area contributed by atoms with Crippen LogP contribution < -0.4 is 10.6 Å². The van der Waals surface area contributed by atoms with Crippen molar-refractivity contribution in [3.05, 3.63) is 28.5 Å². The van der Waals surface area contributed by atoms with Gasteiger partial charge in [-0.1, -0.05) is 13.0 Å². The molecule has 0 fully saturated rings. The highest BCUT2D eigenvalue weighted by Crippen LogP contribution is 2.38. The van der Waals surface area contributed by atoms with E-state index in [-0.39, 0.29) is 29.5 Å². The van der Waals surface area contributed by atoms with Crippen molar-refractivity contribution in [2.24, 2.45) is 0 Å². The molecule has 26 heavy (non-hydrogen) atoms. The minimum atomic E-state index is -0.636. The lowest BCUT2D eigenvalue weighted by Crippen LogP contribution is -2.44. The van der Waals surface area contributed by atoms with Gasteiger partial charge < -0.3 is 15.4 Å². The topological polar surface area (TPSA) is 84.5 Å². The lowest BCUT2D eigenvalue weighted by molar-refractivity contribution is -0.125. The van der Waals surface area contributed by atoms with Crippen molar-refractivity contribution in [1.29, 1.82) is 0 Å². The van der Waals surface area contributed by atoms with Gasteiger partial charge in [-0.15, -0.1) is 22.7 Å². The monoisotopic (exact) mass is 394 g/mol. The van der Waals surface area contributed by atoms with E-state index in [1.54, 1.807) is 5.38 Å². The van der Waals surface area contributed by atoms with E-state index in [1.807, 2.05) is 38.3 Å². The number of ether oxygens (including phenoxy) is 1. The summed E-state index contributed by atoms with van der Waals surface area (Å²) in [5.41, 5.74) is 0.596. The first-order chi connectivity index (χ1) is 12.2. The molecule has 2 aromatic heterocycles. The number of carbonyl (C=O) groups excluding carboxylic acids is 3. The Balaban J connectivity index is 2.17. The highest BCUT2D eigenvalue weighted by molar-refractivity contribution is 7.17. The first-order valence-corrected chi connectivity index (χ1v) is 9.90. The first kappa shape index (κ1) is 20.1. The van der Waals surface area contributed by atoms with Crippen LogP contribution in [0.2, 0.25) is 0 Å². The van der Waals surface area contributed by atoms with Crippen molar-refractivity contribution in [3.63, 3.8) is 0 Å². The molecule has 0 atom stereocenters. The van der Waals surface area contributed by atoms with Gasteiger partial charge in [-0.05, 0) is 31.7 Å². The fourth-order valence-corrected chi connectivity index (χ4v) is 3.95. The molecule has 2 heterocycles. The molecule has 6 nitrogen and oxygen atoms in total. The Kier molecular flexibility index (Phi) is 6.55. The first-order valence-electron chi connectivity index (χ1n) is 8.14. The number of amides is 2. The molecular weight excluding hydrogens is 372 g/mol. The van der Waals surface area contributed by atoms with Crippen LogP contribution in [0.1, 0.15) is 44.5 Å². The second-order valence-corrected chi connectivity index (χ2v) is 8.20. The van der Waals surface area contributed by atoms with Crippen molar-refractivity contribution in [3.8, 4) is 10.4 Å².